The van der Waals surface area contributed by atoms with Crippen molar-refractivity contribution in [3.63, 3.8) is 0 Å². The van der Waals surface area contributed by atoms with Crippen LogP contribution in [0.4, 0.5) is 0 Å². The third kappa shape index (κ3) is 3.94. The third-order valence-electron chi connectivity index (χ3n) is 2.04. The second kappa shape index (κ2) is 5.93. The molecule has 17 heavy (non-hydrogen) atoms. The Morgan fingerprint density at radius 3 is 2.47 bits per heavy atom. The molecule has 1 aromatic rings. The zero-order valence-electron chi connectivity index (χ0n) is 9.15. The molecule has 6 nitrogen and oxygen atoms in total. The SMILES string of the molecule is COC(COP(=O)(O)c1ccccc1)C(=O)O. The van der Waals surface area contributed by atoms with Crippen LogP contribution in [-0.2, 0) is 18.6 Å². The predicted octanol–water partition coefficient (Wildman–Crippen LogP) is 0.613. The molecule has 0 aliphatic carbocycles. The van der Waals surface area contributed by atoms with Crippen LogP contribution in [0.15, 0.2) is 30.3 Å². The Bertz CT molecular complexity index is 418. The molecule has 0 aliphatic rings. The van der Waals surface area contributed by atoms with E-state index in [9.17, 15) is 14.3 Å². The molecule has 2 atom stereocenters. The fourth-order valence-electron chi connectivity index (χ4n) is 1.10. The Hall–Kier alpha value is -1.20. The van der Waals surface area contributed by atoms with Gasteiger partial charge in [-0.25, -0.2) is 4.79 Å². The van der Waals surface area contributed by atoms with Gasteiger partial charge in [-0.1, -0.05) is 18.2 Å². The number of benzene rings is 1. The quantitative estimate of drug-likeness (QED) is 0.728. The molecule has 2 N–H and O–H groups in total. The maximum Gasteiger partial charge on any atom is 0.358 e. The van der Waals surface area contributed by atoms with Crippen molar-refractivity contribution in [1.29, 1.82) is 0 Å². The van der Waals surface area contributed by atoms with E-state index >= 15 is 0 Å². The van der Waals surface area contributed by atoms with Crippen molar-refractivity contribution < 1.29 is 28.6 Å². The summed E-state index contributed by atoms with van der Waals surface area (Å²) in [6, 6.07) is 7.74. The van der Waals surface area contributed by atoms with Gasteiger partial charge in [0.1, 0.15) is 0 Å². The van der Waals surface area contributed by atoms with Gasteiger partial charge < -0.3 is 19.3 Å². The minimum absolute atomic E-state index is 0.111. The minimum atomic E-state index is -3.99. The van der Waals surface area contributed by atoms with E-state index in [1.165, 1.54) is 19.2 Å². The molecule has 1 aromatic carbocycles. The lowest BCUT2D eigenvalue weighted by Crippen LogP contribution is -2.28. The summed E-state index contributed by atoms with van der Waals surface area (Å²) < 4.78 is 21.1. The highest BCUT2D eigenvalue weighted by atomic mass is 31.2. The van der Waals surface area contributed by atoms with Gasteiger partial charge in [0.05, 0.1) is 11.9 Å². The van der Waals surface area contributed by atoms with E-state index in [0.29, 0.717) is 0 Å². The predicted molar refractivity (Wildman–Crippen MR) is 60.3 cm³/mol. The van der Waals surface area contributed by atoms with Crippen LogP contribution < -0.4 is 5.30 Å². The van der Waals surface area contributed by atoms with Crippen molar-refractivity contribution in [1.82, 2.24) is 0 Å². The molecule has 0 saturated heterocycles. The third-order valence-corrected chi connectivity index (χ3v) is 3.49. The van der Waals surface area contributed by atoms with Crippen molar-refractivity contribution in [2.24, 2.45) is 0 Å². The number of carboxylic acids is 1. The van der Waals surface area contributed by atoms with Crippen molar-refractivity contribution in [2.45, 2.75) is 6.10 Å². The maximum absolute atomic E-state index is 11.7. The summed E-state index contributed by atoms with van der Waals surface area (Å²) in [4.78, 5) is 20.2. The smallest absolute Gasteiger partial charge is 0.358 e. The largest absolute Gasteiger partial charge is 0.479 e. The molecule has 0 radical (unpaired) electrons. The second-order valence-electron chi connectivity index (χ2n) is 3.21. The number of rotatable bonds is 6. The highest BCUT2D eigenvalue weighted by molar-refractivity contribution is 7.61. The van der Waals surface area contributed by atoms with Gasteiger partial charge in [-0.2, -0.15) is 0 Å². The van der Waals surface area contributed by atoms with Gasteiger partial charge in [0.25, 0.3) is 0 Å². The van der Waals surface area contributed by atoms with Crippen molar-refractivity contribution in [3.05, 3.63) is 30.3 Å². The van der Waals surface area contributed by atoms with E-state index in [2.05, 4.69) is 4.74 Å². The fraction of sp³-hybridized carbons (Fsp3) is 0.300. The van der Waals surface area contributed by atoms with E-state index in [1.54, 1.807) is 18.2 Å². The molecular weight excluding hydrogens is 247 g/mol. The molecule has 0 saturated carbocycles. The number of hydrogen-bond donors (Lipinski definition) is 2. The van der Waals surface area contributed by atoms with Crippen molar-refractivity contribution >= 4 is 18.9 Å². The fourth-order valence-corrected chi connectivity index (χ4v) is 2.14. The Morgan fingerprint density at radius 2 is 2.00 bits per heavy atom. The summed E-state index contributed by atoms with van der Waals surface area (Å²) in [5.74, 6) is -1.25. The number of hydrogen-bond acceptors (Lipinski definition) is 4. The van der Waals surface area contributed by atoms with Crippen LogP contribution >= 0.6 is 7.60 Å². The van der Waals surface area contributed by atoms with Crippen LogP contribution in [0.3, 0.4) is 0 Å². The highest BCUT2D eigenvalue weighted by Crippen LogP contribution is 2.40. The number of carboxylic acid groups (broad SMARTS) is 1. The highest BCUT2D eigenvalue weighted by Gasteiger charge is 2.26. The first-order valence-corrected chi connectivity index (χ1v) is 6.33. The van der Waals surface area contributed by atoms with Crippen LogP contribution in [-0.4, -0.2) is 35.8 Å². The average Bonchev–Trinajstić information content (AvgIpc) is 2.30. The summed E-state index contributed by atoms with van der Waals surface area (Å²) in [6.45, 7) is -0.492. The van der Waals surface area contributed by atoms with Gasteiger partial charge in [-0.15, -0.1) is 0 Å². The van der Waals surface area contributed by atoms with E-state index in [1.807, 2.05) is 0 Å². The first-order chi connectivity index (χ1) is 7.97. The van der Waals surface area contributed by atoms with E-state index in [0.717, 1.165) is 0 Å². The Balaban J connectivity index is 2.68. The van der Waals surface area contributed by atoms with E-state index in [4.69, 9.17) is 9.63 Å². The Morgan fingerprint density at radius 1 is 1.41 bits per heavy atom. The van der Waals surface area contributed by atoms with E-state index in [-0.39, 0.29) is 5.30 Å². The molecule has 0 heterocycles. The van der Waals surface area contributed by atoms with Gasteiger partial charge in [0, 0.05) is 7.11 Å². The summed E-state index contributed by atoms with van der Waals surface area (Å²) in [7, 11) is -2.81. The molecular formula is C10H13O6P. The van der Waals surface area contributed by atoms with Crippen molar-refractivity contribution in [3.8, 4) is 0 Å². The summed E-state index contributed by atoms with van der Waals surface area (Å²) in [5, 5.41) is 8.78. The summed E-state index contributed by atoms with van der Waals surface area (Å²) in [5.41, 5.74) is 0. The van der Waals surface area contributed by atoms with E-state index < -0.39 is 26.3 Å². The molecule has 0 fully saturated rings. The minimum Gasteiger partial charge on any atom is -0.479 e. The molecule has 0 bridgehead atoms. The van der Waals surface area contributed by atoms with Gasteiger partial charge in [-0.05, 0) is 12.1 Å². The number of methoxy groups -OCH3 is 1. The first-order valence-electron chi connectivity index (χ1n) is 4.76. The maximum atomic E-state index is 11.7. The van der Waals surface area contributed by atoms with Gasteiger partial charge >= 0.3 is 13.6 Å². The lowest BCUT2D eigenvalue weighted by atomic mass is 10.4. The van der Waals surface area contributed by atoms with Crippen LogP contribution in [0, 0.1) is 0 Å². The average molecular weight is 260 g/mol. The molecule has 1 rings (SSSR count). The lowest BCUT2D eigenvalue weighted by molar-refractivity contribution is -0.150. The molecule has 0 amide bonds. The van der Waals surface area contributed by atoms with Gasteiger partial charge in [0.15, 0.2) is 6.10 Å². The zero-order chi connectivity index (χ0) is 12.9. The van der Waals surface area contributed by atoms with Gasteiger partial charge in [0.2, 0.25) is 0 Å². The molecule has 7 heteroatoms. The Labute approximate surface area is 98.3 Å². The molecule has 2 unspecified atom stereocenters. The topological polar surface area (TPSA) is 93.1 Å². The van der Waals surface area contributed by atoms with Crippen LogP contribution in [0.1, 0.15) is 0 Å². The van der Waals surface area contributed by atoms with Gasteiger partial charge in [-0.3, -0.25) is 4.57 Å². The zero-order valence-corrected chi connectivity index (χ0v) is 10.0. The lowest BCUT2D eigenvalue weighted by Gasteiger charge is -2.15. The standard InChI is InChI=1S/C10H13O6P/c1-15-9(10(11)12)7-16-17(13,14)8-5-3-2-4-6-8/h2-6,9H,7H2,1H3,(H,11,12)(H,13,14). The summed E-state index contributed by atoms with van der Waals surface area (Å²) >= 11 is 0. The van der Waals surface area contributed by atoms with Crippen molar-refractivity contribution in [2.75, 3.05) is 13.7 Å². The second-order valence-corrected chi connectivity index (χ2v) is 5.03. The monoisotopic (exact) mass is 260 g/mol. The number of carbonyl (C=O) groups is 1. The molecule has 0 aliphatic heterocycles. The molecule has 94 valence electrons. The molecule has 0 spiro atoms. The van der Waals surface area contributed by atoms with Crippen LogP contribution in [0.2, 0.25) is 0 Å². The summed E-state index contributed by atoms with van der Waals surface area (Å²) in [6.07, 6.45) is -1.26. The Kier molecular flexibility index (Phi) is 4.84. The molecule has 0 aromatic heterocycles. The van der Waals surface area contributed by atoms with Crippen LogP contribution in [0.25, 0.3) is 0 Å². The number of aliphatic carboxylic acids is 1. The number of ether oxygens (including phenoxy) is 1. The first kappa shape index (κ1) is 13.9. The van der Waals surface area contributed by atoms with Crippen LogP contribution in [0.5, 0.6) is 0 Å². The normalized spacial score (nSPS) is 16.1.